The van der Waals surface area contributed by atoms with Gasteiger partial charge in [0.05, 0.1) is 0 Å². The van der Waals surface area contributed by atoms with Crippen LogP contribution in [0.3, 0.4) is 0 Å². The minimum Gasteiger partial charge on any atom is -0.287 e. The summed E-state index contributed by atoms with van der Waals surface area (Å²) in [6.07, 6.45) is 1.56. The molecule has 0 spiro atoms. The second kappa shape index (κ2) is 4.08. The summed E-state index contributed by atoms with van der Waals surface area (Å²) in [6, 6.07) is 7.89. The standard InChI is InChI=1S/C6H3N2.Cu/c7-5-6-3-1-2-4-8-6;/h1-2,4H;/q-1;+1. The van der Waals surface area contributed by atoms with E-state index in [1.165, 1.54) is 0 Å². The van der Waals surface area contributed by atoms with Gasteiger partial charge >= 0.3 is 17.1 Å². The third kappa shape index (κ3) is 2.27. The predicted octanol–water partition coefficient (Wildman–Crippen LogP) is 0.751. The van der Waals surface area contributed by atoms with E-state index < -0.39 is 0 Å². The van der Waals surface area contributed by atoms with Crippen LogP contribution in [0.4, 0.5) is 0 Å². The van der Waals surface area contributed by atoms with Gasteiger partial charge in [-0.3, -0.25) is 10.2 Å². The molecular weight excluding hydrogens is 164 g/mol. The van der Waals surface area contributed by atoms with Crippen molar-refractivity contribution in [1.82, 2.24) is 4.98 Å². The summed E-state index contributed by atoms with van der Waals surface area (Å²) in [7, 11) is 0. The Morgan fingerprint density at radius 3 is 2.78 bits per heavy atom. The maximum Gasteiger partial charge on any atom is 1.00 e. The van der Waals surface area contributed by atoms with E-state index in [2.05, 4.69) is 11.1 Å². The molecule has 0 N–H and O–H groups in total. The Kier molecular flexibility index (Phi) is 3.70. The molecule has 0 aliphatic rings. The maximum absolute atomic E-state index is 8.19. The van der Waals surface area contributed by atoms with Crippen molar-refractivity contribution >= 4 is 0 Å². The van der Waals surface area contributed by atoms with Crippen molar-refractivity contribution in [2.24, 2.45) is 0 Å². The van der Waals surface area contributed by atoms with E-state index in [9.17, 15) is 0 Å². The topological polar surface area (TPSA) is 36.7 Å². The van der Waals surface area contributed by atoms with E-state index in [-0.39, 0.29) is 17.1 Å². The summed E-state index contributed by atoms with van der Waals surface area (Å²) in [4.78, 5) is 3.68. The fourth-order valence-electron chi connectivity index (χ4n) is 0.386. The molecule has 0 saturated heterocycles. The number of hydrogen-bond acceptors (Lipinski definition) is 2. The van der Waals surface area contributed by atoms with Crippen LogP contribution in [-0.2, 0) is 17.1 Å². The molecular formula is C6H3CuN2. The van der Waals surface area contributed by atoms with Crippen LogP contribution in [0.25, 0.3) is 0 Å². The molecule has 0 bridgehead atoms. The van der Waals surface area contributed by atoms with Gasteiger partial charge in [0.25, 0.3) is 0 Å². The maximum atomic E-state index is 8.19. The Balaban J connectivity index is 0.000000640. The Morgan fingerprint density at radius 1 is 1.67 bits per heavy atom. The molecule has 1 rings (SSSR count). The predicted molar refractivity (Wildman–Crippen MR) is 27.8 cm³/mol. The largest absolute Gasteiger partial charge is 1.00 e. The van der Waals surface area contributed by atoms with Gasteiger partial charge in [-0.25, -0.2) is 0 Å². The SMILES string of the molecule is N#Cc1[c-]cccn1.[Cu+]. The zero-order valence-electron chi connectivity index (χ0n) is 4.43. The van der Waals surface area contributed by atoms with Gasteiger partial charge in [-0.05, 0) is 12.3 Å². The molecule has 0 unspecified atom stereocenters. The van der Waals surface area contributed by atoms with Crippen LogP contribution in [0, 0.1) is 17.4 Å². The first-order chi connectivity index (χ1) is 3.93. The Labute approximate surface area is 64.0 Å². The Hall–Kier alpha value is -0.841. The van der Waals surface area contributed by atoms with Crippen LogP contribution < -0.4 is 0 Å². The smallest absolute Gasteiger partial charge is 0.287 e. The third-order valence-corrected chi connectivity index (χ3v) is 0.712. The van der Waals surface area contributed by atoms with Gasteiger partial charge in [0.1, 0.15) is 0 Å². The average Bonchev–Trinajstić information content (AvgIpc) is 1.90. The van der Waals surface area contributed by atoms with Crippen LogP contribution in [0.2, 0.25) is 0 Å². The average molecular weight is 167 g/mol. The van der Waals surface area contributed by atoms with Crippen LogP contribution in [-0.4, -0.2) is 4.98 Å². The van der Waals surface area contributed by atoms with Crippen molar-refractivity contribution in [3.63, 3.8) is 0 Å². The zero-order valence-corrected chi connectivity index (χ0v) is 5.37. The first-order valence-electron chi connectivity index (χ1n) is 2.16. The number of aromatic nitrogens is 1. The fraction of sp³-hybridized carbons (Fsp3) is 0. The summed E-state index contributed by atoms with van der Waals surface area (Å²) >= 11 is 0. The molecule has 2 nitrogen and oxygen atoms in total. The molecule has 1 aromatic heterocycles. The van der Waals surface area contributed by atoms with Gasteiger partial charge in [0.15, 0.2) is 0 Å². The van der Waals surface area contributed by atoms with E-state index in [4.69, 9.17) is 5.26 Å². The molecule has 3 heteroatoms. The molecule has 0 fully saturated rings. The van der Waals surface area contributed by atoms with E-state index in [0.717, 1.165) is 0 Å². The molecule has 0 aliphatic heterocycles. The molecule has 0 radical (unpaired) electrons. The molecule has 1 aromatic rings. The van der Waals surface area contributed by atoms with E-state index in [0.29, 0.717) is 5.69 Å². The minimum atomic E-state index is 0. The number of pyridine rings is 1. The molecule has 48 valence electrons. The second-order valence-corrected chi connectivity index (χ2v) is 1.24. The quantitative estimate of drug-likeness (QED) is 0.421. The summed E-state index contributed by atoms with van der Waals surface area (Å²) in [5.41, 5.74) is 0.340. The van der Waals surface area contributed by atoms with Crippen molar-refractivity contribution in [1.29, 1.82) is 5.26 Å². The molecule has 1 heterocycles. The third-order valence-electron chi connectivity index (χ3n) is 0.712. The zero-order chi connectivity index (χ0) is 5.82. The summed E-state index contributed by atoms with van der Waals surface area (Å²) in [5.74, 6) is 0. The minimum absolute atomic E-state index is 0. The van der Waals surface area contributed by atoms with E-state index >= 15 is 0 Å². The van der Waals surface area contributed by atoms with Crippen molar-refractivity contribution in [2.75, 3.05) is 0 Å². The molecule has 0 aliphatic carbocycles. The van der Waals surface area contributed by atoms with Crippen molar-refractivity contribution < 1.29 is 17.1 Å². The van der Waals surface area contributed by atoms with Crippen molar-refractivity contribution in [2.45, 2.75) is 0 Å². The number of nitrogens with zero attached hydrogens (tertiary/aromatic N) is 2. The van der Waals surface area contributed by atoms with Gasteiger partial charge in [-0.15, -0.1) is 12.1 Å². The van der Waals surface area contributed by atoms with Crippen LogP contribution in [0.5, 0.6) is 0 Å². The first kappa shape index (κ1) is 8.16. The van der Waals surface area contributed by atoms with Gasteiger partial charge in [-0.1, -0.05) is 0 Å². The van der Waals surface area contributed by atoms with Gasteiger partial charge < -0.3 is 0 Å². The summed E-state index contributed by atoms with van der Waals surface area (Å²) in [5, 5.41) is 8.19. The molecule has 0 aromatic carbocycles. The molecule has 0 saturated carbocycles. The fourth-order valence-corrected chi connectivity index (χ4v) is 0.386. The monoisotopic (exact) mass is 166 g/mol. The van der Waals surface area contributed by atoms with Gasteiger partial charge in [0, 0.05) is 5.69 Å². The van der Waals surface area contributed by atoms with E-state index in [1.54, 1.807) is 18.3 Å². The van der Waals surface area contributed by atoms with Gasteiger partial charge in [-0.2, -0.15) is 6.07 Å². The summed E-state index contributed by atoms with van der Waals surface area (Å²) in [6.45, 7) is 0. The number of hydrogen-bond donors (Lipinski definition) is 0. The van der Waals surface area contributed by atoms with Crippen LogP contribution in [0.1, 0.15) is 5.69 Å². The van der Waals surface area contributed by atoms with Gasteiger partial charge in [0.2, 0.25) is 0 Å². The normalized spacial score (nSPS) is 7.00. The van der Waals surface area contributed by atoms with Crippen LogP contribution >= 0.6 is 0 Å². The Morgan fingerprint density at radius 2 is 2.44 bits per heavy atom. The molecule has 0 atom stereocenters. The number of rotatable bonds is 0. The van der Waals surface area contributed by atoms with Crippen molar-refractivity contribution in [3.05, 3.63) is 30.1 Å². The van der Waals surface area contributed by atoms with Crippen molar-refractivity contribution in [3.8, 4) is 6.07 Å². The number of nitriles is 1. The second-order valence-electron chi connectivity index (χ2n) is 1.24. The van der Waals surface area contributed by atoms with Crippen LogP contribution in [0.15, 0.2) is 18.3 Å². The Bertz CT molecular complexity index is 202. The summed E-state index contributed by atoms with van der Waals surface area (Å²) < 4.78 is 0. The molecule has 0 amide bonds. The molecule has 9 heavy (non-hydrogen) atoms. The first-order valence-corrected chi connectivity index (χ1v) is 2.16. The van der Waals surface area contributed by atoms with E-state index in [1.807, 2.05) is 6.07 Å².